The molecule has 50 heavy (non-hydrogen) atoms. The van der Waals surface area contributed by atoms with Crippen LogP contribution in [-0.2, 0) is 21.3 Å². The summed E-state index contributed by atoms with van der Waals surface area (Å²) in [5.74, 6) is 3.63. The molecule has 16 heteroatoms. The first kappa shape index (κ1) is 31.8. The zero-order chi connectivity index (χ0) is 34.7. The molecule has 13 nitrogen and oxygen atoms in total. The van der Waals surface area contributed by atoms with E-state index in [1.807, 2.05) is 13.0 Å². The van der Waals surface area contributed by atoms with Gasteiger partial charge >= 0.3 is 5.97 Å². The van der Waals surface area contributed by atoms with Gasteiger partial charge < -0.3 is 33.5 Å². The Morgan fingerprint density at radius 2 is 2.00 bits per heavy atom. The number of carboxylic acid groups (broad SMARTS) is 1. The summed E-state index contributed by atoms with van der Waals surface area (Å²) in [6.07, 6.45) is -0.484. The molecule has 7 heterocycles. The molecular weight excluding hydrogens is 659 g/mol. The molecule has 3 aliphatic rings. The Labute approximate surface area is 282 Å². The maximum Gasteiger partial charge on any atom is 0.326 e. The number of halogens is 3. The highest BCUT2D eigenvalue weighted by atomic mass is 19.3. The number of hydrogen-bond donors (Lipinski definition) is 1. The lowest BCUT2D eigenvalue weighted by Crippen LogP contribution is -2.68. The van der Waals surface area contributed by atoms with Gasteiger partial charge in [0.2, 0.25) is 5.88 Å². The predicted molar refractivity (Wildman–Crippen MR) is 172 cm³/mol. The number of nitrogens with zero attached hydrogens (tertiary/aromatic N) is 7. The van der Waals surface area contributed by atoms with Crippen molar-refractivity contribution in [1.29, 1.82) is 0 Å². The lowest BCUT2D eigenvalue weighted by atomic mass is 9.90. The van der Waals surface area contributed by atoms with Gasteiger partial charge in [-0.25, -0.2) is 32.9 Å². The van der Waals surface area contributed by atoms with Crippen LogP contribution < -0.4 is 14.5 Å². The van der Waals surface area contributed by atoms with E-state index in [0.717, 1.165) is 12.1 Å². The number of carboxylic acids is 1. The van der Waals surface area contributed by atoms with E-state index in [4.69, 9.17) is 18.6 Å². The van der Waals surface area contributed by atoms with E-state index in [1.54, 1.807) is 30.2 Å². The average molecular weight is 690 g/mol. The molecule has 4 aromatic heterocycles. The summed E-state index contributed by atoms with van der Waals surface area (Å²) in [5.41, 5.74) is 1.39. The fourth-order valence-electron chi connectivity index (χ4n) is 6.75. The average Bonchev–Trinajstić information content (AvgIpc) is 3.79. The molecule has 1 N–H and O–H groups in total. The van der Waals surface area contributed by atoms with Crippen molar-refractivity contribution in [2.24, 2.45) is 7.05 Å². The molecular formula is C34H30F3N7O6. The molecule has 3 aliphatic heterocycles. The van der Waals surface area contributed by atoms with Crippen LogP contribution >= 0.6 is 0 Å². The maximum absolute atomic E-state index is 14.1. The minimum Gasteiger partial charge on any atom is -0.480 e. The van der Waals surface area contributed by atoms with Gasteiger partial charge in [0.05, 0.1) is 32.4 Å². The summed E-state index contributed by atoms with van der Waals surface area (Å²) < 4.78 is 67.8. The molecule has 8 rings (SSSR count). The third kappa shape index (κ3) is 5.52. The van der Waals surface area contributed by atoms with E-state index in [2.05, 4.69) is 36.8 Å². The highest BCUT2D eigenvalue weighted by Crippen LogP contribution is 2.41. The Kier molecular flexibility index (Phi) is 7.76. The number of alkyl halides is 2. The third-order valence-corrected chi connectivity index (χ3v) is 9.40. The maximum atomic E-state index is 14.1. The van der Waals surface area contributed by atoms with E-state index in [-0.39, 0.29) is 47.4 Å². The Hall–Kier alpha value is -5.40. The fourth-order valence-corrected chi connectivity index (χ4v) is 6.75. The summed E-state index contributed by atoms with van der Waals surface area (Å²) in [7, 11) is 1.80. The van der Waals surface area contributed by atoms with Crippen LogP contribution in [0.2, 0.25) is 0 Å². The van der Waals surface area contributed by atoms with Crippen LogP contribution in [0.1, 0.15) is 36.9 Å². The number of morpholine rings is 1. The summed E-state index contributed by atoms with van der Waals surface area (Å²) in [4.78, 5) is 28.8. The number of rotatable bonds is 6. The van der Waals surface area contributed by atoms with Crippen molar-refractivity contribution in [2.75, 3.05) is 42.7 Å². The number of furan rings is 1. The molecule has 0 aliphatic carbocycles. The number of anilines is 2. The number of benzene rings is 1. The smallest absolute Gasteiger partial charge is 0.326 e. The molecule has 3 atom stereocenters. The second-order valence-corrected chi connectivity index (χ2v) is 12.6. The molecule has 1 aromatic carbocycles. The molecule has 5 aromatic rings. The Bertz CT molecular complexity index is 2190. The predicted octanol–water partition coefficient (Wildman–Crippen LogP) is 4.09. The Morgan fingerprint density at radius 3 is 2.72 bits per heavy atom. The van der Waals surface area contributed by atoms with E-state index in [0.29, 0.717) is 48.7 Å². The van der Waals surface area contributed by atoms with E-state index in [1.165, 1.54) is 11.0 Å². The van der Waals surface area contributed by atoms with Gasteiger partial charge in [0.15, 0.2) is 17.2 Å². The second kappa shape index (κ2) is 12.2. The van der Waals surface area contributed by atoms with Gasteiger partial charge in [0.25, 0.3) is 6.43 Å². The van der Waals surface area contributed by atoms with Crippen LogP contribution in [0.3, 0.4) is 0 Å². The van der Waals surface area contributed by atoms with Crippen molar-refractivity contribution >= 4 is 39.5 Å². The molecule has 1 spiro atoms. The van der Waals surface area contributed by atoms with E-state index < -0.39 is 41.8 Å². The number of carbonyl (C=O) groups is 1. The standard InChI is InChI=1S/C34H30F3N7O6/c1-18-34(16-47-17-34)48-10-9-43(18)24-11-19(3-5-21-7-8-42(2)41-21)14-38-32(24)49-22-13-25(33(45)46)44(15-22)31-28-27(39-30(40-31)29(36)37)23-6-4-20(35)12-26(23)50-28/h4,6-8,11-12,14,18,22,25,29H,9-10,13,15-17H2,1-2H3,(H,45,46)/t18-,22+,25+/m1/s1. The van der Waals surface area contributed by atoms with E-state index in [9.17, 15) is 23.1 Å². The van der Waals surface area contributed by atoms with Crippen LogP contribution in [0.15, 0.2) is 47.1 Å². The molecule has 0 unspecified atom stereocenters. The third-order valence-electron chi connectivity index (χ3n) is 9.40. The topological polar surface area (TPSA) is 141 Å². The number of aromatic nitrogens is 5. The van der Waals surface area contributed by atoms with Crippen LogP contribution in [-0.4, -0.2) is 92.5 Å². The zero-order valence-corrected chi connectivity index (χ0v) is 26.8. The number of hydrogen-bond acceptors (Lipinski definition) is 11. The van der Waals surface area contributed by atoms with Crippen LogP contribution in [0, 0.1) is 17.7 Å². The highest BCUT2D eigenvalue weighted by molar-refractivity contribution is 6.06. The minimum atomic E-state index is -3.06. The fraction of sp³-hybridized carbons (Fsp3) is 0.382. The van der Waals surface area contributed by atoms with Gasteiger partial charge in [-0.1, -0.05) is 5.92 Å². The lowest BCUT2D eigenvalue weighted by Gasteiger charge is -2.53. The molecule has 0 radical (unpaired) electrons. The van der Waals surface area contributed by atoms with Crippen molar-refractivity contribution in [3.63, 3.8) is 0 Å². The first-order valence-electron chi connectivity index (χ1n) is 15.9. The van der Waals surface area contributed by atoms with Gasteiger partial charge in [-0.2, -0.15) is 5.10 Å². The monoisotopic (exact) mass is 689 g/mol. The minimum absolute atomic E-state index is 0.0235. The number of fused-ring (bicyclic) bond motifs is 3. The van der Waals surface area contributed by atoms with Gasteiger partial charge in [-0.3, -0.25) is 4.68 Å². The normalized spacial score (nSPS) is 21.5. The molecule has 0 saturated carbocycles. The summed E-state index contributed by atoms with van der Waals surface area (Å²) in [6.45, 7) is 3.81. The van der Waals surface area contributed by atoms with Crippen molar-refractivity contribution in [3.8, 4) is 17.7 Å². The molecule has 3 saturated heterocycles. The number of ether oxygens (including phenoxy) is 3. The molecule has 0 amide bonds. The summed E-state index contributed by atoms with van der Waals surface area (Å²) in [5, 5.41) is 14.9. The molecule has 3 fully saturated rings. The Morgan fingerprint density at radius 1 is 1.16 bits per heavy atom. The number of aliphatic carboxylic acids is 1. The number of pyridine rings is 1. The second-order valence-electron chi connectivity index (χ2n) is 12.6. The van der Waals surface area contributed by atoms with Gasteiger partial charge in [0.1, 0.15) is 46.0 Å². The van der Waals surface area contributed by atoms with Crippen LogP contribution in [0.4, 0.5) is 24.7 Å². The molecule has 0 bridgehead atoms. The van der Waals surface area contributed by atoms with Crippen molar-refractivity contribution in [1.82, 2.24) is 24.7 Å². The van der Waals surface area contributed by atoms with Crippen molar-refractivity contribution in [3.05, 3.63) is 65.6 Å². The first-order chi connectivity index (χ1) is 24.1. The quantitative estimate of drug-likeness (QED) is 0.257. The first-order valence-corrected chi connectivity index (χ1v) is 15.9. The largest absolute Gasteiger partial charge is 0.480 e. The van der Waals surface area contributed by atoms with Crippen molar-refractivity contribution in [2.45, 2.75) is 43.6 Å². The van der Waals surface area contributed by atoms with Gasteiger partial charge in [-0.05, 0) is 37.1 Å². The van der Waals surface area contributed by atoms with E-state index >= 15 is 0 Å². The summed E-state index contributed by atoms with van der Waals surface area (Å²) in [6, 6.07) is 5.96. The van der Waals surface area contributed by atoms with Crippen molar-refractivity contribution < 1.29 is 41.7 Å². The zero-order valence-electron chi connectivity index (χ0n) is 26.8. The summed E-state index contributed by atoms with van der Waals surface area (Å²) >= 11 is 0. The lowest BCUT2D eigenvalue weighted by molar-refractivity contribution is -0.228. The van der Waals surface area contributed by atoms with Gasteiger partial charge in [0, 0.05) is 49.4 Å². The molecule has 258 valence electrons. The van der Waals surface area contributed by atoms with Gasteiger partial charge in [-0.15, -0.1) is 0 Å². The highest BCUT2D eigenvalue weighted by Gasteiger charge is 2.50. The van der Waals surface area contributed by atoms with Crippen LogP contribution in [0.25, 0.3) is 22.1 Å². The number of aryl methyl sites for hydroxylation is 1. The Balaban J connectivity index is 1.16. The SMILES string of the molecule is C[C@H]1N(c2cc(C#Cc3ccn(C)n3)cnc2O[C@H]2C[C@@H](C(=O)O)N(c3nc(C(F)F)nc4c3oc3cc(F)ccc34)C2)CCOC12COC2. The van der Waals surface area contributed by atoms with Crippen LogP contribution in [0.5, 0.6) is 5.88 Å².